The molecule has 136 valence electrons. The summed E-state index contributed by atoms with van der Waals surface area (Å²) in [5.74, 6) is 0.432. The first-order chi connectivity index (χ1) is 12.6. The van der Waals surface area contributed by atoms with Crippen LogP contribution in [0, 0.1) is 0 Å². The Morgan fingerprint density at radius 2 is 1.81 bits per heavy atom. The lowest BCUT2D eigenvalue weighted by atomic mass is 10.2. The minimum Gasteiger partial charge on any atom is -0.493 e. The Labute approximate surface area is 151 Å². The van der Waals surface area contributed by atoms with E-state index in [1.807, 2.05) is 0 Å². The van der Waals surface area contributed by atoms with Gasteiger partial charge in [-0.25, -0.2) is 4.79 Å². The molecule has 1 heterocycles. The van der Waals surface area contributed by atoms with Crippen LogP contribution in [0.25, 0.3) is 6.08 Å². The smallest absolute Gasteiger partial charge is 0.330 e. The molecule has 26 heavy (non-hydrogen) atoms. The maximum absolute atomic E-state index is 11.8. The minimum atomic E-state index is -0.502. The molecule has 0 aliphatic rings. The zero-order chi connectivity index (χ0) is 18.8. The molecule has 1 N–H and O–H groups in total. The number of aromatic nitrogens is 1. The number of amides is 1. The minimum absolute atomic E-state index is 0.0753. The van der Waals surface area contributed by atoms with Crippen molar-refractivity contribution >= 4 is 18.0 Å². The molecular formula is C19H20N2O5. The molecule has 2 aromatic rings. The highest BCUT2D eigenvalue weighted by atomic mass is 16.5. The van der Waals surface area contributed by atoms with E-state index in [0.717, 1.165) is 5.56 Å². The number of methoxy groups -OCH3 is 2. The molecule has 0 saturated heterocycles. The molecule has 2 rings (SSSR count). The number of nitrogens with one attached hydrogen (secondary N) is 1. The molecule has 0 unspecified atom stereocenters. The fourth-order valence-electron chi connectivity index (χ4n) is 2.09. The van der Waals surface area contributed by atoms with Crippen molar-refractivity contribution in [3.05, 3.63) is 59.9 Å². The summed E-state index contributed by atoms with van der Waals surface area (Å²) < 4.78 is 15.4. The summed E-state index contributed by atoms with van der Waals surface area (Å²) in [6.45, 7) is 0.295. The number of ether oxygens (including phenoxy) is 3. The lowest BCUT2D eigenvalue weighted by Gasteiger charge is -2.07. The van der Waals surface area contributed by atoms with Gasteiger partial charge in [-0.15, -0.1) is 0 Å². The van der Waals surface area contributed by atoms with Crippen molar-refractivity contribution in [1.82, 2.24) is 10.3 Å². The van der Waals surface area contributed by atoms with Gasteiger partial charge in [-0.1, -0.05) is 6.07 Å². The molecule has 1 amide bonds. The molecule has 0 atom stereocenters. The molecular weight excluding hydrogens is 336 g/mol. The second-order valence-electron chi connectivity index (χ2n) is 5.11. The van der Waals surface area contributed by atoms with Crippen LogP contribution in [0.3, 0.4) is 0 Å². The number of carbonyl (C=O) groups excluding carboxylic acids is 2. The molecule has 7 heteroatoms. The van der Waals surface area contributed by atoms with Crippen LogP contribution in [0.4, 0.5) is 0 Å². The molecule has 0 bridgehead atoms. The van der Waals surface area contributed by atoms with E-state index in [1.165, 1.54) is 18.5 Å². The second-order valence-corrected chi connectivity index (χ2v) is 5.11. The number of carbonyl (C=O) groups is 2. The van der Waals surface area contributed by atoms with Crippen LogP contribution in [-0.4, -0.2) is 44.2 Å². The summed E-state index contributed by atoms with van der Waals surface area (Å²) in [4.78, 5) is 27.4. The average molecular weight is 356 g/mol. The van der Waals surface area contributed by atoms with Crippen molar-refractivity contribution in [2.45, 2.75) is 0 Å². The Hall–Kier alpha value is -3.35. The van der Waals surface area contributed by atoms with E-state index >= 15 is 0 Å². The number of nitrogens with zero attached hydrogens (tertiary/aromatic N) is 1. The molecule has 1 aromatic carbocycles. The molecule has 0 spiro atoms. The number of benzene rings is 1. The molecule has 1 aromatic heterocycles. The first-order valence-electron chi connectivity index (χ1n) is 7.89. The molecule has 7 nitrogen and oxygen atoms in total. The number of rotatable bonds is 8. The van der Waals surface area contributed by atoms with Crippen LogP contribution < -0.4 is 14.8 Å². The Balaban J connectivity index is 1.76. The zero-order valence-electron chi connectivity index (χ0n) is 14.6. The van der Waals surface area contributed by atoms with Crippen molar-refractivity contribution in [3.63, 3.8) is 0 Å². The molecule has 0 aliphatic heterocycles. The monoisotopic (exact) mass is 356 g/mol. The summed E-state index contributed by atoms with van der Waals surface area (Å²) in [7, 11) is 3.10. The van der Waals surface area contributed by atoms with Gasteiger partial charge in [-0.2, -0.15) is 0 Å². The lowest BCUT2D eigenvalue weighted by molar-refractivity contribution is -0.137. The van der Waals surface area contributed by atoms with Crippen LogP contribution in [-0.2, 0) is 9.53 Å². The van der Waals surface area contributed by atoms with Crippen LogP contribution in [0.15, 0.2) is 48.8 Å². The molecule has 0 aliphatic carbocycles. The highest BCUT2D eigenvalue weighted by molar-refractivity contribution is 5.94. The van der Waals surface area contributed by atoms with Crippen LogP contribution >= 0.6 is 0 Å². The number of pyridine rings is 1. The van der Waals surface area contributed by atoms with Gasteiger partial charge in [0.2, 0.25) is 0 Å². The Morgan fingerprint density at radius 3 is 2.50 bits per heavy atom. The van der Waals surface area contributed by atoms with Gasteiger partial charge in [-0.05, 0) is 35.9 Å². The zero-order valence-corrected chi connectivity index (χ0v) is 14.6. The third-order valence-electron chi connectivity index (χ3n) is 3.39. The van der Waals surface area contributed by atoms with Crippen molar-refractivity contribution in [1.29, 1.82) is 0 Å². The van der Waals surface area contributed by atoms with Crippen molar-refractivity contribution < 1.29 is 23.8 Å². The lowest BCUT2D eigenvalue weighted by Crippen LogP contribution is -2.27. The average Bonchev–Trinajstić information content (AvgIpc) is 2.69. The third-order valence-corrected chi connectivity index (χ3v) is 3.39. The normalized spacial score (nSPS) is 10.4. The van der Waals surface area contributed by atoms with E-state index in [0.29, 0.717) is 17.1 Å². The number of hydrogen-bond acceptors (Lipinski definition) is 6. The fraction of sp³-hybridized carbons (Fsp3) is 0.211. The van der Waals surface area contributed by atoms with Crippen molar-refractivity contribution in [2.75, 3.05) is 27.4 Å². The number of hydrogen-bond donors (Lipinski definition) is 1. The highest BCUT2D eigenvalue weighted by Gasteiger charge is 2.05. The predicted molar refractivity (Wildman–Crippen MR) is 96.1 cm³/mol. The predicted octanol–water partition coefficient (Wildman–Crippen LogP) is 2.09. The Kier molecular flexibility index (Phi) is 7.17. The first kappa shape index (κ1) is 19.0. The largest absolute Gasteiger partial charge is 0.493 e. The fourth-order valence-corrected chi connectivity index (χ4v) is 2.09. The van der Waals surface area contributed by atoms with E-state index in [1.54, 1.807) is 50.6 Å². The molecule has 0 saturated carbocycles. The van der Waals surface area contributed by atoms with E-state index in [9.17, 15) is 9.59 Å². The summed E-state index contributed by atoms with van der Waals surface area (Å²) in [6.07, 6.45) is 5.99. The molecule has 0 radical (unpaired) electrons. The third kappa shape index (κ3) is 5.62. The standard InChI is InChI=1S/C19H20N2O5/c1-24-16-5-3-14(13-17(16)25-2)4-6-18(22)26-12-11-21-19(23)15-7-9-20-10-8-15/h3-10,13H,11-12H2,1-2H3,(H,21,23)/b6-4+. The van der Waals surface area contributed by atoms with Gasteiger partial charge in [0.05, 0.1) is 20.8 Å². The quantitative estimate of drug-likeness (QED) is 0.443. The SMILES string of the molecule is COc1ccc(/C=C/C(=O)OCCNC(=O)c2ccncc2)cc1OC. The van der Waals surface area contributed by atoms with Gasteiger partial charge in [-0.3, -0.25) is 9.78 Å². The Morgan fingerprint density at radius 1 is 1.08 bits per heavy atom. The first-order valence-corrected chi connectivity index (χ1v) is 7.89. The molecule has 0 fully saturated rings. The summed E-state index contributed by atoms with van der Waals surface area (Å²) in [6, 6.07) is 8.50. The van der Waals surface area contributed by atoms with E-state index in [-0.39, 0.29) is 19.1 Å². The van der Waals surface area contributed by atoms with Crippen molar-refractivity contribution in [2.24, 2.45) is 0 Å². The topological polar surface area (TPSA) is 86.8 Å². The van der Waals surface area contributed by atoms with Gasteiger partial charge < -0.3 is 19.5 Å². The van der Waals surface area contributed by atoms with Crippen LogP contribution in [0.2, 0.25) is 0 Å². The van der Waals surface area contributed by atoms with Gasteiger partial charge in [0.1, 0.15) is 6.61 Å². The summed E-state index contributed by atoms with van der Waals surface area (Å²) in [5.41, 5.74) is 1.27. The highest BCUT2D eigenvalue weighted by Crippen LogP contribution is 2.27. The maximum atomic E-state index is 11.8. The van der Waals surface area contributed by atoms with Gasteiger partial charge >= 0.3 is 5.97 Å². The van der Waals surface area contributed by atoms with Gasteiger partial charge in [0.25, 0.3) is 5.91 Å². The maximum Gasteiger partial charge on any atom is 0.330 e. The number of esters is 1. The summed E-state index contributed by atoms with van der Waals surface area (Å²) in [5, 5.41) is 2.66. The van der Waals surface area contributed by atoms with Crippen molar-refractivity contribution in [3.8, 4) is 11.5 Å². The van der Waals surface area contributed by atoms with Crippen LogP contribution in [0.5, 0.6) is 11.5 Å². The van der Waals surface area contributed by atoms with E-state index < -0.39 is 5.97 Å². The van der Waals surface area contributed by atoms with Gasteiger partial charge in [0, 0.05) is 24.0 Å². The van der Waals surface area contributed by atoms with Gasteiger partial charge in [0.15, 0.2) is 11.5 Å². The summed E-state index contributed by atoms with van der Waals surface area (Å²) >= 11 is 0. The Bertz CT molecular complexity index is 775. The van der Waals surface area contributed by atoms with E-state index in [2.05, 4.69) is 10.3 Å². The second kappa shape index (κ2) is 9.83. The van der Waals surface area contributed by atoms with Crippen LogP contribution in [0.1, 0.15) is 15.9 Å². The van der Waals surface area contributed by atoms with E-state index in [4.69, 9.17) is 14.2 Å².